The van der Waals surface area contributed by atoms with E-state index in [1.165, 1.54) is 4.90 Å². The van der Waals surface area contributed by atoms with E-state index in [1.807, 2.05) is 22.9 Å². The predicted molar refractivity (Wildman–Crippen MR) is 99.6 cm³/mol. The lowest BCUT2D eigenvalue weighted by molar-refractivity contribution is 0.0948. The summed E-state index contributed by atoms with van der Waals surface area (Å²) in [5.41, 5.74) is 6.33. The highest BCUT2D eigenvalue weighted by Gasteiger charge is 2.22. The van der Waals surface area contributed by atoms with E-state index in [-0.39, 0.29) is 5.91 Å². The average molecular weight is 359 g/mol. The van der Waals surface area contributed by atoms with E-state index in [2.05, 4.69) is 27.8 Å². The Hall–Kier alpha value is -1.86. The van der Waals surface area contributed by atoms with Crippen molar-refractivity contribution in [3.63, 3.8) is 0 Å². The predicted octanol–water partition coefficient (Wildman–Crippen LogP) is 2.63. The molecule has 0 spiro atoms. The molecule has 1 aliphatic rings. The number of nitrogens with zero attached hydrogens (tertiary/aromatic N) is 3. The third-order valence-electron chi connectivity index (χ3n) is 4.48. The fraction of sp³-hybridized carbons (Fsp3) is 0.500. The monoisotopic (exact) mass is 359 g/mol. The Morgan fingerprint density at radius 2 is 2.00 bits per heavy atom. The van der Waals surface area contributed by atoms with Crippen molar-refractivity contribution in [2.75, 3.05) is 12.3 Å². The Morgan fingerprint density at radius 1 is 1.24 bits per heavy atom. The Morgan fingerprint density at radius 3 is 2.76 bits per heavy atom. The Kier molecular flexibility index (Phi) is 6.47. The van der Waals surface area contributed by atoms with Crippen LogP contribution in [0, 0.1) is 0 Å². The first kappa shape index (κ1) is 17.9. The van der Waals surface area contributed by atoms with Crippen molar-refractivity contribution < 1.29 is 4.79 Å². The molecule has 134 valence electrons. The Labute approximate surface area is 152 Å². The van der Waals surface area contributed by atoms with Crippen LogP contribution in [0.3, 0.4) is 0 Å². The number of benzene rings is 1. The quantitative estimate of drug-likeness (QED) is 0.586. The number of aromatic nitrogens is 3. The second kappa shape index (κ2) is 9.01. The van der Waals surface area contributed by atoms with Gasteiger partial charge in [0.05, 0.1) is 12.2 Å². The van der Waals surface area contributed by atoms with Crippen LogP contribution in [0.15, 0.2) is 41.4 Å². The number of nitrogens with two attached hydrogens (primary N) is 1. The fourth-order valence-electron chi connectivity index (χ4n) is 3.00. The molecule has 1 aliphatic carbocycles. The second-order valence-electron chi connectivity index (χ2n) is 6.42. The maximum atomic E-state index is 12.2. The minimum Gasteiger partial charge on any atom is -0.351 e. The molecular weight excluding hydrogens is 334 g/mol. The van der Waals surface area contributed by atoms with Crippen molar-refractivity contribution in [2.24, 2.45) is 5.73 Å². The van der Waals surface area contributed by atoms with Crippen LogP contribution in [0.2, 0.25) is 0 Å². The van der Waals surface area contributed by atoms with Crippen molar-refractivity contribution >= 4 is 17.7 Å². The summed E-state index contributed by atoms with van der Waals surface area (Å²) in [4.78, 5) is 13.4. The molecule has 1 aromatic carbocycles. The molecule has 0 bridgehead atoms. The summed E-state index contributed by atoms with van der Waals surface area (Å²) in [7, 11) is 0. The first-order valence-electron chi connectivity index (χ1n) is 8.86. The Bertz CT molecular complexity index is 667. The first-order valence-corrected chi connectivity index (χ1v) is 9.84. The second-order valence-corrected chi connectivity index (χ2v) is 7.59. The number of carbonyl (C=O) groups is 1. The van der Waals surface area contributed by atoms with Crippen LogP contribution in [0.25, 0.3) is 0 Å². The van der Waals surface area contributed by atoms with Crippen LogP contribution < -0.4 is 11.1 Å². The zero-order chi connectivity index (χ0) is 17.5. The molecule has 0 unspecified atom stereocenters. The Balaban J connectivity index is 1.38. The molecule has 1 fully saturated rings. The van der Waals surface area contributed by atoms with Gasteiger partial charge in [0.15, 0.2) is 5.69 Å². The molecule has 25 heavy (non-hydrogen) atoms. The van der Waals surface area contributed by atoms with E-state index < -0.39 is 0 Å². The van der Waals surface area contributed by atoms with E-state index in [1.54, 1.807) is 18.0 Å². The molecule has 3 rings (SSSR count). The van der Waals surface area contributed by atoms with E-state index in [0.717, 1.165) is 37.9 Å². The van der Waals surface area contributed by atoms with E-state index in [0.29, 0.717) is 24.3 Å². The van der Waals surface area contributed by atoms with Crippen LogP contribution in [0.1, 0.15) is 48.6 Å². The summed E-state index contributed by atoms with van der Waals surface area (Å²) in [5.74, 6) is 0.822. The lowest BCUT2D eigenvalue weighted by Gasteiger charge is -2.25. The van der Waals surface area contributed by atoms with E-state index in [9.17, 15) is 4.79 Å². The molecule has 2 aromatic rings. The molecule has 0 saturated heterocycles. The van der Waals surface area contributed by atoms with E-state index >= 15 is 0 Å². The standard InChI is InChI=1S/C18H25N5OS/c19-14-7-9-15(10-8-14)23-13-17(21-22-23)18(24)20-11-4-12-25-16-5-2-1-3-6-16/h1-3,5-6,13-15H,4,7-12,19H2,(H,20,24). The molecule has 0 radical (unpaired) electrons. The van der Waals surface area contributed by atoms with Gasteiger partial charge in [0, 0.05) is 17.5 Å². The van der Waals surface area contributed by atoms with Gasteiger partial charge in [-0.3, -0.25) is 4.79 Å². The van der Waals surface area contributed by atoms with Gasteiger partial charge in [-0.2, -0.15) is 0 Å². The van der Waals surface area contributed by atoms with Crippen molar-refractivity contribution in [3.8, 4) is 0 Å². The van der Waals surface area contributed by atoms with Crippen LogP contribution in [-0.2, 0) is 0 Å². The summed E-state index contributed by atoms with van der Waals surface area (Å²) in [6.07, 6.45) is 6.69. The van der Waals surface area contributed by atoms with Crippen LogP contribution in [0.5, 0.6) is 0 Å². The van der Waals surface area contributed by atoms with Gasteiger partial charge in [0.25, 0.3) is 5.91 Å². The molecule has 1 amide bonds. The maximum absolute atomic E-state index is 12.2. The SMILES string of the molecule is NC1CCC(n2cc(C(=O)NCCCSc3ccccc3)nn2)CC1. The minimum absolute atomic E-state index is 0.150. The van der Waals surface area contributed by atoms with Gasteiger partial charge in [-0.05, 0) is 50.0 Å². The van der Waals surface area contributed by atoms with Crippen LogP contribution in [0.4, 0.5) is 0 Å². The normalized spacial score (nSPS) is 20.4. The molecule has 1 saturated carbocycles. The largest absolute Gasteiger partial charge is 0.351 e. The number of carbonyl (C=O) groups excluding carboxylic acids is 1. The van der Waals surface area contributed by atoms with Crippen molar-refractivity contribution in [1.29, 1.82) is 0 Å². The minimum atomic E-state index is -0.150. The van der Waals surface area contributed by atoms with Gasteiger partial charge >= 0.3 is 0 Å². The van der Waals surface area contributed by atoms with Gasteiger partial charge in [-0.25, -0.2) is 4.68 Å². The number of hydrogen-bond acceptors (Lipinski definition) is 5. The zero-order valence-corrected chi connectivity index (χ0v) is 15.1. The summed E-state index contributed by atoms with van der Waals surface area (Å²) in [5, 5.41) is 11.1. The van der Waals surface area contributed by atoms with Crippen molar-refractivity contribution in [1.82, 2.24) is 20.3 Å². The maximum Gasteiger partial charge on any atom is 0.273 e. The summed E-state index contributed by atoms with van der Waals surface area (Å²) >= 11 is 1.80. The zero-order valence-electron chi connectivity index (χ0n) is 14.3. The van der Waals surface area contributed by atoms with E-state index in [4.69, 9.17) is 5.73 Å². The fourth-order valence-corrected chi connectivity index (χ4v) is 3.87. The topological polar surface area (TPSA) is 85.8 Å². The summed E-state index contributed by atoms with van der Waals surface area (Å²) < 4.78 is 1.83. The number of thioether (sulfide) groups is 1. The molecule has 6 nitrogen and oxygen atoms in total. The smallest absolute Gasteiger partial charge is 0.273 e. The van der Waals surface area contributed by atoms with Gasteiger partial charge in [0.2, 0.25) is 0 Å². The van der Waals surface area contributed by atoms with Crippen molar-refractivity contribution in [2.45, 2.75) is 49.1 Å². The number of hydrogen-bond donors (Lipinski definition) is 2. The lowest BCUT2D eigenvalue weighted by Crippen LogP contribution is -2.28. The highest BCUT2D eigenvalue weighted by atomic mass is 32.2. The highest BCUT2D eigenvalue weighted by molar-refractivity contribution is 7.99. The van der Waals surface area contributed by atoms with Gasteiger partial charge in [-0.15, -0.1) is 16.9 Å². The molecular formula is C18H25N5OS. The average Bonchev–Trinajstić information content (AvgIpc) is 3.13. The number of nitrogens with one attached hydrogen (secondary N) is 1. The van der Waals surface area contributed by atoms with Crippen LogP contribution in [-0.4, -0.2) is 39.2 Å². The highest BCUT2D eigenvalue weighted by Crippen LogP contribution is 2.26. The molecule has 1 heterocycles. The third-order valence-corrected chi connectivity index (χ3v) is 5.58. The molecule has 0 aliphatic heterocycles. The summed E-state index contributed by atoms with van der Waals surface area (Å²) in [6.45, 7) is 0.643. The first-order chi connectivity index (χ1) is 12.2. The number of amides is 1. The lowest BCUT2D eigenvalue weighted by atomic mass is 9.92. The van der Waals surface area contributed by atoms with Gasteiger partial charge < -0.3 is 11.1 Å². The molecule has 0 atom stereocenters. The molecule has 3 N–H and O–H groups in total. The van der Waals surface area contributed by atoms with Crippen molar-refractivity contribution in [3.05, 3.63) is 42.2 Å². The van der Waals surface area contributed by atoms with Crippen LogP contribution >= 0.6 is 11.8 Å². The summed E-state index contributed by atoms with van der Waals surface area (Å²) in [6, 6.07) is 10.9. The number of rotatable bonds is 7. The van der Waals surface area contributed by atoms with Gasteiger partial charge in [-0.1, -0.05) is 23.4 Å². The molecule has 1 aromatic heterocycles. The third kappa shape index (κ3) is 5.31. The van der Waals surface area contributed by atoms with Gasteiger partial charge in [0.1, 0.15) is 0 Å². The molecule has 7 heteroatoms.